The first kappa shape index (κ1) is 15.5. The van der Waals surface area contributed by atoms with Crippen molar-refractivity contribution < 1.29 is 14.1 Å². The molecule has 0 bridgehead atoms. The molecule has 124 valence electrons. The normalized spacial score (nSPS) is 10.9. The summed E-state index contributed by atoms with van der Waals surface area (Å²) in [6.07, 6.45) is 4.89. The van der Waals surface area contributed by atoms with Gasteiger partial charge in [0.25, 0.3) is 5.89 Å². The molecule has 4 rings (SSSR count). The van der Waals surface area contributed by atoms with Crippen molar-refractivity contribution in [1.82, 2.24) is 24.5 Å². The number of aromatic nitrogens is 5. The highest BCUT2D eigenvalue weighted by atomic mass is 79.9. The molecular weight excluding hydrogens is 390 g/mol. The molecule has 1 aromatic carbocycles. The second-order valence-corrected chi connectivity index (χ2v) is 5.97. The maximum Gasteiger partial charge on any atom is 0.359 e. The summed E-state index contributed by atoms with van der Waals surface area (Å²) in [5.41, 5.74) is 0.951. The lowest BCUT2D eigenvalue weighted by molar-refractivity contribution is 0.0423. The summed E-state index contributed by atoms with van der Waals surface area (Å²) in [5.74, 6) is 0.450. The molecule has 4 aromatic rings. The van der Waals surface area contributed by atoms with E-state index in [4.69, 9.17) is 9.26 Å². The Balaban J connectivity index is 1.45. The molecule has 9 heteroatoms. The molecule has 0 radical (unpaired) electrons. The molecule has 3 aromatic heterocycles. The Kier molecular flexibility index (Phi) is 3.98. The van der Waals surface area contributed by atoms with Gasteiger partial charge < -0.3 is 9.26 Å². The van der Waals surface area contributed by atoms with Crippen LogP contribution in [0.5, 0.6) is 0 Å². The van der Waals surface area contributed by atoms with Gasteiger partial charge in [0.1, 0.15) is 0 Å². The number of hydrogen-bond acceptors (Lipinski definition) is 7. The van der Waals surface area contributed by atoms with Crippen LogP contribution in [0, 0.1) is 0 Å². The first-order valence-electron chi connectivity index (χ1n) is 7.24. The first-order valence-corrected chi connectivity index (χ1v) is 8.04. The van der Waals surface area contributed by atoms with Crippen LogP contribution in [0.15, 0.2) is 57.9 Å². The minimum Gasteiger partial charge on any atom is -0.451 e. The Morgan fingerprint density at radius 1 is 1.28 bits per heavy atom. The summed E-state index contributed by atoms with van der Waals surface area (Å²) in [6.45, 7) is -0.138. The van der Waals surface area contributed by atoms with Crippen LogP contribution in [-0.4, -0.2) is 30.5 Å². The lowest BCUT2D eigenvalue weighted by Gasteiger charge is -1.97. The van der Waals surface area contributed by atoms with Gasteiger partial charge in [-0.3, -0.25) is 4.40 Å². The van der Waals surface area contributed by atoms with Gasteiger partial charge in [0.05, 0.1) is 0 Å². The van der Waals surface area contributed by atoms with Gasteiger partial charge in [0.15, 0.2) is 12.3 Å². The number of esters is 1. The molecule has 25 heavy (non-hydrogen) atoms. The van der Waals surface area contributed by atoms with Gasteiger partial charge in [-0.2, -0.15) is 4.98 Å². The van der Waals surface area contributed by atoms with Crippen LogP contribution < -0.4 is 0 Å². The molecular formula is C16H10BrN5O3. The van der Waals surface area contributed by atoms with Gasteiger partial charge in [-0.25, -0.2) is 14.8 Å². The van der Waals surface area contributed by atoms with Crippen molar-refractivity contribution in [1.29, 1.82) is 0 Å². The number of hydrogen-bond donors (Lipinski definition) is 0. The molecule has 8 nitrogen and oxygen atoms in total. The van der Waals surface area contributed by atoms with Crippen LogP contribution in [0.4, 0.5) is 0 Å². The monoisotopic (exact) mass is 399 g/mol. The second-order valence-electron chi connectivity index (χ2n) is 5.05. The van der Waals surface area contributed by atoms with Crippen molar-refractivity contribution in [2.75, 3.05) is 0 Å². The van der Waals surface area contributed by atoms with Gasteiger partial charge in [0, 0.05) is 28.6 Å². The third-order valence-electron chi connectivity index (χ3n) is 3.32. The number of carbonyl (C=O) groups is 1. The van der Waals surface area contributed by atoms with Crippen molar-refractivity contribution in [3.8, 4) is 11.4 Å². The van der Waals surface area contributed by atoms with E-state index in [1.165, 1.54) is 0 Å². The molecule has 3 heterocycles. The minimum atomic E-state index is -0.590. The Bertz CT molecular complexity index is 1030. The predicted octanol–water partition coefficient (Wildman–Crippen LogP) is 2.90. The molecule has 0 saturated heterocycles. The highest BCUT2D eigenvalue weighted by molar-refractivity contribution is 9.10. The Labute approximate surface area is 149 Å². The first-order chi connectivity index (χ1) is 12.2. The van der Waals surface area contributed by atoms with Gasteiger partial charge in [-0.15, -0.1) is 0 Å². The molecule has 0 fully saturated rings. The van der Waals surface area contributed by atoms with Crippen LogP contribution in [0.2, 0.25) is 0 Å². The smallest absolute Gasteiger partial charge is 0.359 e. The van der Waals surface area contributed by atoms with Crippen LogP contribution in [0.25, 0.3) is 17.2 Å². The van der Waals surface area contributed by atoms with E-state index in [2.05, 4.69) is 36.0 Å². The minimum absolute atomic E-state index is 0.138. The summed E-state index contributed by atoms with van der Waals surface area (Å²) in [7, 11) is 0. The predicted molar refractivity (Wildman–Crippen MR) is 89.5 cm³/mol. The Morgan fingerprint density at radius 2 is 2.20 bits per heavy atom. The van der Waals surface area contributed by atoms with Crippen molar-refractivity contribution in [2.24, 2.45) is 0 Å². The van der Waals surface area contributed by atoms with Crippen molar-refractivity contribution in [3.63, 3.8) is 0 Å². The number of carbonyl (C=O) groups excluding carboxylic acids is 1. The van der Waals surface area contributed by atoms with Crippen LogP contribution >= 0.6 is 15.9 Å². The lowest BCUT2D eigenvalue weighted by atomic mass is 10.2. The maximum atomic E-state index is 12.1. The zero-order valence-electron chi connectivity index (χ0n) is 12.7. The number of nitrogens with zero attached hydrogens (tertiary/aromatic N) is 5. The van der Waals surface area contributed by atoms with Crippen LogP contribution in [0.3, 0.4) is 0 Å². The van der Waals surface area contributed by atoms with E-state index in [0.29, 0.717) is 11.6 Å². The van der Waals surface area contributed by atoms with E-state index in [0.717, 1.165) is 10.0 Å². The SMILES string of the molecule is O=C(OCc1nc(-c2cccc(Br)c2)no1)c1cn2cccnc2n1. The van der Waals surface area contributed by atoms with Gasteiger partial charge in [0.2, 0.25) is 11.6 Å². The van der Waals surface area contributed by atoms with Crippen LogP contribution in [0.1, 0.15) is 16.4 Å². The van der Waals surface area contributed by atoms with E-state index in [1.807, 2.05) is 24.3 Å². The maximum absolute atomic E-state index is 12.1. The van der Waals surface area contributed by atoms with E-state index >= 15 is 0 Å². The number of halogens is 1. The average Bonchev–Trinajstić information content (AvgIpc) is 3.26. The molecule has 0 amide bonds. The fourth-order valence-corrected chi connectivity index (χ4v) is 2.59. The molecule has 0 spiro atoms. The fraction of sp³-hybridized carbons (Fsp3) is 0.0625. The highest BCUT2D eigenvalue weighted by Crippen LogP contribution is 2.20. The molecule has 0 unspecified atom stereocenters. The molecule has 0 aliphatic rings. The van der Waals surface area contributed by atoms with Crippen molar-refractivity contribution in [2.45, 2.75) is 6.61 Å². The van der Waals surface area contributed by atoms with Gasteiger partial charge in [-0.1, -0.05) is 33.2 Å². The summed E-state index contributed by atoms with van der Waals surface area (Å²) in [5, 5.41) is 3.89. The Morgan fingerprint density at radius 3 is 3.04 bits per heavy atom. The molecule has 0 N–H and O–H groups in total. The van der Waals surface area contributed by atoms with E-state index in [9.17, 15) is 4.79 Å². The number of rotatable bonds is 4. The third kappa shape index (κ3) is 3.26. The summed E-state index contributed by atoms with van der Waals surface area (Å²) >= 11 is 3.39. The number of fused-ring (bicyclic) bond motifs is 1. The largest absolute Gasteiger partial charge is 0.451 e. The van der Waals surface area contributed by atoms with Crippen molar-refractivity contribution in [3.05, 3.63) is 65.0 Å². The molecule has 0 aliphatic carbocycles. The quantitative estimate of drug-likeness (QED) is 0.486. The third-order valence-corrected chi connectivity index (χ3v) is 3.82. The van der Waals surface area contributed by atoms with E-state index in [1.54, 1.807) is 29.1 Å². The molecule has 0 atom stereocenters. The average molecular weight is 400 g/mol. The number of imidazole rings is 1. The topological polar surface area (TPSA) is 95.4 Å². The van der Waals surface area contributed by atoms with Gasteiger partial charge >= 0.3 is 5.97 Å². The van der Waals surface area contributed by atoms with E-state index in [-0.39, 0.29) is 18.2 Å². The summed E-state index contributed by atoms with van der Waals surface area (Å²) < 4.78 is 12.8. The number of benzene rings is 1. The fourth-order valence-electron chi connectivity index (χ4n) is 2.19. The highest BCUT2D eigenvalue weighted by Gasteiger charge is 2.15. The zero-order chi connectivity index (χ0) is 17.2. The molecule has 0 saturated carbocycles. The Hall–Kier alpha value is -3.07. The summed E-state index contributed by atoms with van der Waals surface area (Å²) in [6, 6.07) is 9.23. The molecule has 0 aliphatic heterocycles. The summed E-state index contributed by atoms with van der Waals surface area (Å²) in [4.78, 5) is 24.4. The lowest BCUT2D eigenvalue weighted by Crippen LogP contribution is -2.05. The van der Waals surface area contributed by atoms with Crippen molar-refractivity contribution >= 4 is 27.7 Å². The second kappa shape index (κ2) is 6.44. The zero-order valence-corrected chi connectivity index (χ0v) is 14.3. The van der Waals surface area contributed by atoms with Crippen LogP contribution in [-0.2, 0) is 11.3 Å². The number of ether oxygens (including phenoxy) is 1. The van der Waals surface area contributed by atoms with Gasteiger partial charge in [-0.05, 0) is 18.2 Å². The standard InChI is InChI=1S/C16H10BrN5O3/c17-11-4-1-3-10(7-11)14-20-13(25-21-14)9-24-15(23)12-8-22-6-2-5-18-16(22)19-12/h1-8H,9H2. The van der Waals surface area contributed by atoms with E-state index < -0.39 is 5.97 Å².